The van der Waals surface area contributed by atoms with Gasteiger partial charge in [-0.05, 0) is 38.0 Å². The number of benzene rings is 1. The fourth-order valence-electron chi connectivity index (χ4n) is 3.19. The van der Waals surface area contributed by atoms with Gasteiger partial charge in [0.05, 0.1) is 17.6 Å². The number of hydrogen-bond donors (Lipinski definition) is 1. The van der Waals surface area contributed by atoms with Crippen molar-refractivity contribution in [3.05, 3.63) is 29.8 Å². The van der Waals surface area contributed by atoms with Gasteiger partial charge in [-0.25, -0.2) is 13.1 Å². The molecule has 0 bridgehead atoms. The maximum absolute atomic E-state index is 12.4. The molecular formula is C15H22N2O3S. The third kappa shape index (κ3) is 3.29. The average molecular weight is 310 g/mol. The molecule has 5 nitrogen and oxygen atoms in total. The SMILES string of the molecule is Cc1cccc(S(=O)(=O)N[C@H]2C[C@H]3CO[C@@H](C)CN3C2)c1. The van der Waals surface area contributed by atoms with Crippen LogP contribution in [0.1, 0.15) is 18.9 Å². The maximum Gasteiger partial charge on any atom is 0.240 e. The zero-order valence-electron chi connectivity index (χ0n) is 12.5. The van der Waals surface area contributed by atoms with Crippen molar-refractivity contribution in [1.82, 2.24) is 9.62 Å². The third-order valence-electron chi connectivity index (χ3n) is 4.21. The van der Waals surface area contributed by atoms with Gasteiger partial charge in [0.2, 0.25) is 10.0 Å². The van der Waals surface area contributed by atoms with Crippen molar-refractivity contribution in [2.75, 3.05) is 19.7 Å². The minimum Gasteiger partial charge on any atom is -0.376 e. The molecule has 2 aliphatic heterocycles. The van der Waals surface area contributed by atoms with E-state index in [4.69, 9.17) is 4.74 Å². The van der Waals surface area contributed by atoms with Gasteiger partial charge in [0.25, 0.3) is 0 Å². The Hall–Kier alpha value is -0.950. The second-order valence-electron chi connectivity index (χ2n) is 6.12. The van der Waals surface area contributed by atoms with Crippen LogP contribution >= 0.6 is 0 Å². The van der Waals surface area contributed by atoms with Crippen LogP contribution in [0.25, 0.3) is 0 Å². The second-order valence-corrected chi connectivity index (χ2v) is 7.84. The van der Waals surface area contributed by atoms with Gasteiger partial charge in [-0.1, -0.05) is 12.1 Å². The average Bonchev–Trinajstić information content (AvgIpc) is 2.79. The van der Waals surface area contributed by atoms with Crippen molar-refractivity contribution in [2.45, 2.75) is 43.4 Å². The molecule has 3 rings (SSSR count). The van der Waals surface area contributed by atoms with Crippen LogP contribution in [0.15, 0.2) is 29.2 Å². The molecule has 0 unspecified atom stereocenters. The fourth-order valence-corrected chi connectivity index (χ4v) is 4.54. The largest absolute Gasteiger partial charge is 0.376 e. The van der Waals surface area contributed by atoms with Crippen LogP contribution in [0.2, 0.25) is 0 Å². The molecular weight excluding hydrogens is 288 g/mol. The molecule has 6 heteroatoms. The van der Waals surface area contributed by atoms with Crippen LogP contribution in [0.4, 0.5) is 0 Å². The van der Waals surface area contributed by atoms with E-state index in [1.165, 1.54) is 0 Å². The molecule has 0 spiro atoms. The lowest BCUT2D eigenvalue weighted by Crippen LogP contribution is -2.45. The van der Waals surface area contributed by atoms with E-state index in [0.717, 1.165) is 25.1 Å². The third-order valence-corrected chi connectivity index (χ3v) is 5.73. The Labute approximate surface area is 126 Å². The van der Waals surface area contributed by atoms with Gasteiger partial charge in [-0.3, -0.25) is 4.90 Å². The number of rotatable bonds is 3. The first-order chi connectivity index (χ1) is 9.94. The second kappa shape index (κ2) is 5.68. The molecule has 0 aromatic heterocycles. The summed E-state index contributed by atoms with van der Waals surface area (Å²) in [7, 11) is -3.44. The van der Waals surface area contributed by atoms with E-state index < -0.39 is 10.0 Å². The molecule has 0 aliphatic carbocycles. The van der Waals surface area contributed by atoms with E-state index in [9.17, 15) is 8.42 Å². The Morgan fingerprint density at radius 1 is 1.33 bits per heavy atom. The number of ether oxygens (including phenoxy) is 1. The van der Waals surface area contributed by atoms with Gasteiger partial charge in [0.15, 0.2) is 0 Å². The van der Waals surface area contributed by atoms with Gasteiger partial charge in [-0.2, -0.15) is 0 Å². The molecule has 0 saturated carbocycles. The number of aryl methyl sites for hydroxylation is 1. The first-order valence-corrected chi connectivity index (χ1v) is 8.87. The van der Waals surface area contributed by atoms with E-state index >= 15 is 0 Å². The fraction of sp³-hybridized carbons (Fsp3) is 0.600. The van der Waals surface area contributed by atoms with Crippen molar-refractivity contribution in [1.29, 1.82) is 0 Å². The normalized spacial score (nSPS) is 30.3. The zero-order chi connectivity index (χ0) is 15.0. The molecule has 2 heterocycles. The summed E-state index contributed by atoms with van der Waals surface area (Å²) in [5.74, 6) is 0. The van der Waals surface area contributed by atoms with Crippen LogP contribution in [-0.2, 0) is 14.8 Å². The Balaban J connectivity index is 1.69. The lowest BCUT2D eigenvalue weighted by atomic mass is 10.2. The quantitative estimate of drug-likeness (QED) is 0.909. The summed E-state index contributed by atoms with van der Waals surface area (Å²) in [6.45, 7) is 6.30. The van der Waals surface area contributed by atoms with E-state index in [0.29, 0.717) is 17.5 Å². The highest BCUT2D eigenvalue weighted by Gasteiger charge is 2.37. The number of morpholine rings is 1. The van der Waals surface area contributed by atoms with Gasteiger partial charge in [-0.15, -0.1) is 0 Å². The summed E-state index contributed by atoms with van der Waals surface area (Å²) in [5, 5.41) is 0. The smallest absolute Gasteiger partial charge is 0.240 e. The van der Waals surface area contributed by atoms with Gasteiger partial charge in [0, 0.05) is 25.2 Å². The first kappa shape index (κ1) is 15.0. The van der Waals surface area contributed by atoms with Gasteiger partial charge in [0.1, 0.15) is 0 Å². The molecule has 2 fully saturated rings. The van der Waals surface area contributed by atoms with Crippen LogP contribution in [0.3, 0.4) is 0 Å². The Morgan fingerprint density at radius 2 is 2.14 bits per heavy atom. The van der Waals surface area contributed by atoms with E-state index in [2.05, 4.69) is 16.5 Å². The molecule has 0 amide bonds. The Kier molecular flexibility index (Phi) is 4.05. The highest BCUT2D eigenvalue weighted by atomic mass is 32.2. The molecule has 0 radical (unpaired) electrons. The van der Waals surface area contributed by atoms with Crippen molar-refractivity contribution in [3.63, 3.8) is 0 Å². The number of fused-ring (bicyclic) bond motifs is 1. The van der Waals surface area contributed by atoms with E-state index in [1.54, 1.807) is 18.2 Å². The maximum atomic E-state index is 12.4. The minimum atomic E-state index is -3.44. The summed E-state index contributed by atoms with van der Waals surface area (Å²) in [4.78, 5) is 2.68. The molecule has 2 saturated heterocycles. The summed E-state index contributed by atoms with van der Waals surface area (Å²) in [5.41, 5.74) is 0.948. The number of nitrogens with one attached hydrogen (secondary N) is 1. The van der Waals surface area contributed by atoms with Crippen molar-refractivity contribution in [2.24, 2.45) is 0 Å². The Morgan fingerprint density at radius 3 is 2.90 bits per heavy atom. The molecule has 116 valence electrons. The summed E-state index contributed by atoms with van der Waals surface area (Å²) in [6, 6.07) is 7.32. The predicted octanol–water partition coefficient (Wildman–Crippen LogP) is 1.13. The molecule has 21 heavy (non-hydrogen) atoms. The lowest BCUT2D eigenvalue weighted by Gasteiger charge is -2.33. The monoisotopic (exact) mass is 310 g/mol. The number of sulfonamides is 1. The van der Waals surface area contributed by atoms with Crippen molar-refractivity contribution < 1.29 is 13.2 Å². The minimum absolute atomic E-state index is 0.0330. The number of nitrogens with zero attached hydrogens (tertiary/aromatic N) is 1. The van der Waals surface area contributed by atoms with Gasteiger partial charge < -0.3 is 4.74 Å². The topological polar surface area (TPSA) is 58.6 Å². The highest BCUT2D eigenvalue weighted by molar-refractivity contribution is 7.89. The molecule has 2 aliphatic rings. The lowest BCUT2D eigenvalue weighted by molar-refractivity contribution is -0.0390. The Bertz CT molecular complexity index is 617. The molecule has 3 atom stereocenters. The predicted molar refractivity (Wildman–Crippen MR) is 80.7 cm³/mol. The highest BCUT2D eigenvalue weighted by Crippen LogP contribution is 2.24. The number of hydrogen-bond acceptors (Lipinski definition) is 4. The summed E-state index contributed by atoms with van der Waals surface area (Å²) in [6.07, 6.45) is 1.05. The summed E-state index contributed by atoms with van der Waals surface area (Å²) < 4.78 is 33.4. The van der Waals surface area contributed by atoms with Crippen LogP contribution in [-0.4, -0.2) is 51.2 Å². The molecule has 1 N–H and O–H groups in total. The van der Waals surface area contributed by atoms with E-state index in [1.807, 2.05) is 13.0 Å². The van der Waals surface area contributed by atoms with Crippen LogP contribution in [0, 0.1) is 6.92 Å². The standard InChI is InChI=1S/C15H22N2O3S/c1-11-4-3-5-15(6-11)21(18,19)16-13-7-14-10-20-12(2)8-17(14)9-13/h3-6,12-14,16H,7-10H2,1-2H3/t12-,13-,14-/m0/s1. The zero-order valence-corrected chi connectivity index (χ0v) is 13.3. The van der Waals surface area contributed by atoms with Gasteiger partial charge >= 0.3 is 0 Å². The van der Waals surface area contributed by atoms with Crippen molar-refractivity contribution >= 4 is 10.0 Å². The molecule has 1 aromatic rings. The molecule has 1 aromatic carbocycles. The van der Waals surface area contributed by atoms with Crippen LogP contribution < -0.4 is 4.72 Å². The summed E-state index contributed by atoms with van der Waals surface area (Å²) >= 11 is 0. The van der Waals surface area contributed by atoms with E-state index in [-0.39, 0.29) is 12.1 Å². The van der Waals surface area contributed by atoms with Crippen LogP contribution in [0.5, 0.6) is 0 Å². The van der Waals surface area contributed by atoms with Crippen molar-refractivity contribution in [3.8, 4) is 0 Å². The first-order valence-electron chi connectivity index (χ1n) is 7.39.